The van der Waals surface area contributed by atoms with Gasteiger partial charge in [-0.15, -0.1) is 0 Å². The van der Waals surface area contributed by atoms with Crippen LogP contribution in [0, 0.1) is 0 Å². The molecule has 0 saturated carbocycles. The highest BCUT2D eigenvalue weighted by molar-refractivity contribution is 5.96. The molecule has 0 heterocycles. The van der Waals surface area contributed by atoms with Crippen molar-refractivity contribution in [3.63, 3.8) is 0 Å². The van der Waals surface area contributed by atoms with Crippen LogP contribution in [0.3, 0.4) is 0 Å². The molecule has 144 valence electrons. The van der Waals surface area contributed by atoms with E-state index < -0.39 is 24.5 Å². The number of nitrogens with one attached hydrogen (secondary N) is 1. The largest absolute Gasteiger partial charge is 0.490 e. The maximum atomic E-state index is 12.2. The molecule has 0 saturated heterocycles. The van der Waals surface area contributed by atoms with Gasteiger partial charge < -0.3 is 24.3 Å². The Labute approximate surface area is 152 Å². The molecular weight excluding hydrogens is 342 g/mol. The number of rotatable bonds is 10. The quantitative estimate of drug-likeness (QED) is 0.628. The number of amides is 1. The van der Waals surface area contributed by atoms with Crippen molar-refractivity contribution in [3.8, 4) is 11.5 Å². The Morgan fingerprint density at radius 2 is 1.65 bits per heavy atom. The monoisotopic (exact) mass is 367 g/mol. The Morgan fingerprint density at radius 3 is 2.27 bits per heavy atom. The third-order valence-electron chi connectivity index (χ3n) is 2.92. The average molecular weight is 367 g/mol. The summed E-state index contributed by atoms with van der Waals surface area (Å²) in [5, 5.41) is 2.42. The van der Waals surface area contributed by atoms with E-state index in [0.29, 0.717) is 30.3 Å². The molecular formula is C18H25NO7. The van der Waals surface area contributed by atoms with Crippen molar-refractivity contribution in [2.45, 2.75) is 33.8 Å². The Balaban J connectivity index is 2.55. The molecule has 0 bridgehead atoms. The minimum absolute atomic E-state index is 0.292. The van der Waals surface area contributed by atoms with E-state index in [4.69, 9.17) is 18.9 Å². The standard InChI is InChI=1S/C18H25NO7/c1-5-23-14-8-7-13(9-15(14)24-6-2)18(22)19-10-16(20)25-11-17(21)26-12(3)4/h7-9,12H,5-6,10-11H2,1-4H3,(H,19,22). The van der Waals surface area contributed by atoms with E-state index in [1.54, 1.807) is 26.0 Å². The van der Waals surface area contributed by atoms with Crippen molar-refractivity contribution >= 4 is 17.8 Å². The summed E-state index contributed by atoms with van der Waals surface area (Å²) < 4.78 is 20.4. The number of carbonyl (C=O) groups excluding carboxylic acids is 3. The molecule has 0 fully saturated rings. The third-order valence-corrected chi connectivity index (χ3v) is 2.92. The molecule has 8 nitrogen and oxygen atoms in total. The van der Waals surface area contributed by atoms with Gasteiger partial charge in [0.05, 0.1) is 19.3 Å². The van der Waals surface area contributed by atoms with Gasteiger partial charge in [-0.25, -0.2) is 4.79 Å². The van der Waals surface area contributed by atoms with Crippen LogP contribution in [0.2, 0.25) is 0 Å². The number of benzene rings is 1. The Hall–Kier alpha value is -2.77. The van der Waals surface area contributed by atoms with Crippen LogP contribution in [0.25, 0.3) is 0 Å². The normalized spacial score (nSPS) is 10.2. The number of carbonyl (C=O) groups is 3. The predicted molar refractivity (Wildman–Crippen MR) is 93.3 cm³/mol. The van der Waals surface area contributed by atoms with Gasteiger partial charge in [0, 0.05) is 5.56 Å². The second-order valence-corrected chi connectivity index (χ2v) is 5.41. The molecule has 0 aromatic heterocycles. The van der Waals surface area contributed by atoms with Gasteiger partial charge in [-0.3, -0.25) is 9.59 Å². The molecule has 8 heteroatoms. The number of hydrogen-bond acceptors (Lipinski definition) is 7. The first-order valence-corrected chi connectivity index (χ1v) is 8.40. The van der Waals surface area contributed by atoms with Gasteiger partial charge in [-0.2, -0.15) is 0 Å². The third kappa shape index (κ3) is 7.42. The van der Waals surface area contributed by atoms with Gasteiger partial charge in [0.25, 0.3) is 5.91 Å². The minimum Gasteiger partial charge on any atom is -0.490 e. The van der Waals surface area contributed by atoms with Crippen LogP contribution >= 0.6 is 0 Å². The first-order valence-electron chi connectivity index (χ1n) is 8.40. The SMILES string of the molecule is CCOc1ccc(C(=O)NCC(=O)OCC(=O)OC(C)C)cc1OCC. The summed E-state index contributed by atoms with van der Waals surface area (Å²) in [6.45, 7) is 7.07. The van der Waals surface area contributed by atoms with E-state index in [1.807, 2.05) is 13.8 Å². The number of hydrogen-bond donors (Lipinski definition) is 1. The molecule has 0 unspecified atom stereocenters. The van der Waals surface area contributed by atoms with Gasteiger partial charge in [0.15, 0.2) is 18.1 Å². The zero-order chi connectivity index (χ0) is 19.5. The molecule has 0 atom stereocenters. The van der Waals surface area contributed by atoms with E-state index in [9.17, 15) is 14.4 Å². The summed E-state index contributed by atoms with van der Waals surface area (Å²) in [6, 6.07) is 4.73. The van der Waals surface area contributed by atoms with Crippen molar-refractivity contribution in [3.05, 3.63) is 23.8 Å². The van der Waals surface area contributed by atoms with Gasteiger partial charge >= 0.3 is 11.9 Å². The maximum absolute atomic E-state index is 12.2. The highest BCUT2D eigenvalue weighted by Crippen LogP contribution is 2.28. The van der Waals surface area contributed by atoms with Crippen molar-refractivity contribution in [2.75, 3.05) is 26.4 Å². The van der Waals surface area contributed by atoms with Crippen LogP contribution in [-0.2, 0) is 19.1 Å². The highest BCUT2D eigenvalue weighted by atomic mass is 16.6. The van der Waals surface area contributed by atoms with Crippen LogP contribution in [0.1, 0.15) is 38.1 Å². The molecule has 0 aliphatic carbocycles. The van der Waals surface area contributed by atoms with Crippen LogP contribution < -0.4 is 14.8 Å². The van der Waals surface area contributed by atoms with Crippen LogP contribution in [0.15, 0.2) is 18.2 Å². The highest BCUT2D eigenvalue weighted by Gasteiger charge is 2.14. The summed E-state index contributed by atoms with van der Waals surface area (Å²) in [4.78, 5) is 35.0. The van der Waals surface area contributed by atoms with E-state index in [-0.39, 0.29) is 12.6 Å². The zero-order valence-electron chi connectivity index (χ0n) is 15.5. The fourth-order valence-electron chi connectivity index (χ4n) is 1.93. The molecule has 1 aromatic carbocycles. The summed E-state index contributed by atoms with van der Waals surface area (Å²) in [7, 11) is 0. The van der Waals surface area contributed by atoms with Gasteiger partial charge in [-0.05, 0) is 45.9 Å². The van der Waals surface area contributed by atoms with Crippen LogP contribution in [0.4, 0.5) is 0 Å². The average Bonchev–Trinajstić information content (AvgIpc) is 2.59. The topological polar surface area (TPSA) is 100 Å². The van der Waals surface area contributed by atoms with Crippen molar-refractivity contribution in [1.29, 1.82) is 0 Å². The number of ether oxygens (including phenoxy) is 4. The fourth-order valence-corrected chi connectivity index (χ4v) is 1.93. The van der Waals surface area contributed by atoms with Crippen molar-refractivity contribution < 1.29 is 33.3 Å². The Morgan fingerprint density at radius 1 is 1.00 bits per heavy atom. The molecule has 0 spiro atoms. The Bertz CT molecular complexity index is 628. The molecule has 1 amide bonds. The molecule has 1 N–H and O–H groups in total. The van der Waals surface area contributed by atoms with Crippen molar-refractivity contribution in [2.24, 2.45) is 0 Å². The van der Waals surface area contributed by atoms with Gasteiger partial charge in [0.1, 0.15) is 6.54 Å². The maximum Gasteiger partial charge on any atom is 0.344 e. The fraction of sp³-hybridized carbons (Fsp3) is 0.500. The molecule has 0 aliphatic rings. The first-order chi connectivity index (χ1) is 12.4. The van der Waals surface area contributed by atoms with Crippen molar-refractivity contribution in [1.82, 2.24) is 5.32 Å². The lowest BCUT2D eigenvalue weighted by atomic mass is 10.2. The van der Waals surface area contributed by atoms with Crippen LogP contribution in [-0.4, -0.2) is 50.3 Å². The lowest BCUT2D eigenvalue weighted by Gasteiger charge is -2.12. The summed E-state index contributed by atoms with van der Waals surface area (Å²) in [5.74, 6) is -0.881. The molecule has 0 aliphatic heterocycles. The lowest BCUT2D eigenvalue weighted by molar-refractivity contribution is -0.160. The number of esters is 2. The summed E-state index contributed by atoms with van der Waals surface area (Å²) in [6.07, 6.45) is -0.292. The van der Waals surface area contributed by atoms with Gasteiger partial charge in [-0.1, -0.05) is 0 Å². The van der Waals surface area contributed by atoms with E-state index >= 15 is 0 Å². The minimum atomic E-state index is -0.741. The first kappa shape index (κ1) is 21.3. The predicted octanol–water partition coefficient (Wildman–Crippen LogP) is 1.71. The smallest absolute Gasteiger partial charge is 0.344 e. The molecule has 0 radical (unpaired) electrons. The summed E-state index contributed by atoms with van der Waals surface area (Å²) >= 11 is 0. The van der Waals surface area contributed by atoms with Crippen LogP contribution in [0.5, 0.6) is 11.5 Å². The van der Waals surface area contributed by atoms with E-state index in [0.717, 1.165) is 0 Å². The summed E-state index contributed by atoms with van der Waals surface area (Å²) in [5.41, 5.74) is 0.309. The second-order valence-electron chi connectivity index (χ2n) is 5.41. The lowest BCUT2D eigenvalue weighted by Crippen LogP contribution is -2.32. The molecule has 1 rings (SSSR count). The molecule has 1 aromatic rings. The van der Waals surface area contributed by atoms with Gasteiger partial charge in [0.2, 0.25) is 0 Å². The zero-order valence-corrected chi connectivity index (χ0v) is 15.5. The Kier molecular flexibility index (Phi) is 8.97. The van der Waals surface area contributed by atoms with E-state index in [2.05, 4.69) is 5.32 Å². The second kappa shape index (κ2) is 11.0. The molecule has 26 heavy (non-hydrogen) atoms. The van der Waals surface area contributed by atoms with E-state index in [1.165, 1.54) is 6.07 Å².